The van der Waals surface area contributed by atoms with Crippen molar-refractivity contribution in [1.29, 1.82) is 0 Å². The number of ether oxygens (including phenoxy) is 2. The average Bonchev–Trinajstić information content (AvgIpc) is 3.53. The Hall–Kier alpha value is -1.97. The second kappa shape index (κ2) is 11.8. The molecule has 0 spiro atoms. The summed E-state index contributed by atoms with van der Waals surface area (Å²) in [5, 5.41) is 7.80. The van der Waals surface area contributed by atoms with Gasteiger partial charge in [0.05, 0.1) is 26.0 Å². The van der Waals surface area contributed by atoms with Gasteiger partial charge in [0.1, 0.15) is 0 Å². The highest BCUT2D eigenvalue weighted by molar-refractivity contribution is 14.0. The number of aliphatic imine (C=N–C) groups is 1. The Morgan fingerprint density at radius 1 is 1.22 bits per heavy atom. The molecule has 1 unspecified atom stereocenters. The number of halogens is 1. The third-order valence-corrected chi connectivity index (χ3v) is 6.25. The molecule has 1 saturated heterocycles. The van der Waals surface area contributed by atoms with Gasteiger partial charge in [0.15, 0.2) is 17.5 Å². The van der Waals surface area contributed by atoms with Gasteiger partial charge in [-0.2, -0.15) is 5.10 Å². The van der Waals surface area contributed by atoms with Crippen molar-refractivity contribution in [3.8, 4) is 11.5 Å². The topological polar surface area (TPSA) is 63.9 Å². The summed E-state index contributed by atoms with van der Waals surface area (Å²) in [7, 11) is 3.67. The fourth-order valence-corrected chi connectivity index (χ4v) is 4.57. The predicted molar refractivity (Wildman–Crippen MR) is 138 cm³/mol. The molecule has 32 heavy (non-hydrogen) atoms. The first-order valence-corrected chi connectivity index (χ1v) is 11.5. The van der Waals surface area contributed by atoms with Crippen molar-refractivity contribution in [2.24, 2.45) is 12.0 Å². The molecule has 1 saturated carbocycles. The van der Waals surface area contributed by atoms with E-state index in [-0.39, 0.29) is 24.0 Å². The van der Waals surface area contributed by atoms with Crippen molar-refractivity contribution in [3.63, 3.8) is 0 Å². The number of benzene rings is 1. The van der Waals surface area contributed by atoms with Gasteiger partial charge in [-0.1, -0.05) is 6.07 Å². The van der Waals surface area contributed by atoms with Crippen molar-refractivity contribution in [2.75, 3.05) is 26.7 Å². The lowest BCUT2D eigenvalue weighted by molar-refractivity contribution is 0.200. The van der Waals surface area contributed by atoms with Crippen LogP contribution in [0, 0.1) is 0 Å². The Kier molecular flexibility index (Phi) is 9.07. The molecule has 0 bridgehead atoms. The molecule has 4 rings (SSSR count). The normalized spacial score (nSPS) is 19.2. The highest BCUT2D eigenvalue weighted by Crippen LogP contribution is 2.33. The maximum atomic E-state index is 6.25. The Morgan fingerprint density at radius 2 is 2.03 bits per heavy atom. The van der Waals surface area contributed by atoms with E-state index in [1.54, 1.807) is 7.11 Å². The SMILES string of the molecule is CCNC(=NCc1ccc(OC)c(OC2CCCC2)c1)N1CCC(c2cnn(C)c2)C1.I. The van der Waals surface area contributed by atoms with Crippen LogP contribution in [0.15, 0.2) is 35.6 Å². The quantitative estimate of drug-likeness (QED) is 0.315. The summed E-state index contributed by atoms with van der Waals surface area (Å²) in [4.78, 5) is 7.30. The summed E-state index contributed by atoms with van der Waals surface area (Å²) >= 11 is 0. The third-order valence-electron chi connectivity index (χ3n) is 6.25. The van der Waals surface area contributed by atoms with Gasteiger partial charge in [-0.25, -0.2) is 4.99 Å². The van der Waals surface area contributed by atoms with Crippen molar-refractivity contribution >= 4 is 29.9 Å². The first-order chi connectivity index (χ1) is 15.2. The molecular formula is C24H36IN5O2. The number of aryl methyl sites for hydroxylation is 1. The first kappa shape index (κ1) is 24.7. The molecule has 1 atom stereocenters. The molecule has 2 aromatic rings. The third kappa shape index (κ3) is 6.08. The summed E-state index contributed by atoms with van der Waals surface area (Å²) < 4.78 is 13.7. The van der Waals surface area contributed by atoms with Crippen molar-refractivity contribution in [3.05, 3.63) is 41.7 Å². The highest BCUT2D eigenvalue weighted by Gasteiger charge is 2.27. The number of guanidine groups is 1. The number of nitrogens with zero attached hydrogens (tertiary/aromatic N) is 4. The van der Waals surface area contributed by atoms with Crippen LogP contribution in [0.25, 0.3) is 0 Å². The number of nitrogens with one attached hydrogen (secondary N) is 1. The van der Waals surface area contributed by atoms with Crippen LogP contribution in [0.3, 0.4) is 0 Å². The molecule has 2 aliphatic rings. The Labute approximate surface area is 208 Å². The molecule has 2 fully saturated rings. The largest absolute Gasteiger partial charge is 0.493 e. The first-order valence-electron chi connectivity index (χ1n) is 11.5. The molecule has 7 nitrogen and oxygen atoms in total. The van der Waals surface area contributed by atoms with E-state index >= 15 is 0 Å². The van der Waals surface area contributed by atoms with Crippen molar-refractivity contribution < 1.29 is 9.47 Å². The summed E-state index contributed by atoms with van der Waals surface area (Å²) in [6.07, 6.45) is 10.3. The van der Waals surface area contributed by atoms with Crippen LogP contribution < -0.4 is 14.8 Å². The van der Waals surface area contributed by atoms with Crippen LogP contribution in [-0.4, -0.2) is 53.5 Å². The molecule has 1 aromatic heterocycles. The number of aromatic nitrogens is 2. The van der Waals surface area contributed by atoms with Gasteiger partial charge < -0.3 is 19.7 Å². The number of methoxy groups -OCH3 is 1. The Bertz CT molecular complexity index is 894. The van der Waals surface area contributed by atoms with E-state index in [9.17, 15) is 0 Å². The van der Waals surface area contributed by atoms with Crippen LogP contribution in [-0.2, 0) is 13.6 Å². The second-order valence-corrected chi connectivity index (χ2v) is 8.56. The fourth-order valence-electron chi connectivity index (χ4n) is 4.57. The van der Waals surface area contributed by atoms with Gasteiger partial charge in [0.25, 0.3) is 0 Å². The number of hydrogen-bond donors (Lipinski definition) is 1. The minimum absolute atomic E-state index is 0. The smallest absolute Gasteiger partial charge is 0.194 e. The van der Waals surface area contributed by atoms with E-state index < -0.39 is 0 Å². The van der Waals surface area contributed by atoms with Crippen LogP contribution in [0.2, 0.25) is 0 Å². The average molecular weight is 553 g/mol. The van der Waals surface area contributed by atoms with Crippen LogP contribution in [0.1, 0.15) is 56.1 Å². The monoisotopic (exact) mass is 553 g/mol. The van der Waals surface area contributed by atoms with Gasteiger partial charge >= 0.3 is 0 Å². The zero-order valence-corrected chi connectivity index (χ0v) is 21.7. The van der Waals surface area contributed by atoms with Crippen molar-refractivity contribution in [1.82, 2.24) is 20.0 Å². The molecule has 0 amide bonds. The van der Waals surface area contributed by atoms with Crippen LogP contribution in [0.4, 0.5) is 0 Å². The van der Waals surface area contributed by atoms with Crippen molar-refractivity contribution in [2.45, 2.75) is 57.6 Å². The molecule has 2 heterocycles. The summed E-state index contributed by atoms with van der Waals surface area (Å²) in [5.74, 6) is 3.11. The second-order valence-electron chi connectivity index (χ2n) is 8.56. The molecule has 8 heteroatoms. The minimum atomic E-state index is 0. The Morgan fingerprint density at radius 3 is 2.72 bits per heavy atom. The minimum Gasteiger partial charge on any atom is -0.493 e. The highest BCUT2D eigenvalue weighted by atomic mass is 127. The van der Waals surface area contributed by atoms with Gasteiger partial charge in [-0.05, 0) is 62.3 Å². The maximum absolute atomic E-state index is 6.25. The zero-order valence-electron chi connectivity index (χ0n) is 19.4. The van der Waals surface area contributed by atoms with E-state index in [1.165, 1.54) is 18.4 Å². The zero-order chi connectivity index (χ0) is 21.6. The molecule has 1 aromatic carbocycles. The van der Waals surface area contributed by atoms with Crippen LogP contribution >= 0.6 is 24.0 Å². The van der Waals surface area contributed by atoms with Gasteiger partial charge in [0, 0.05) is 38.8 Å². The van der Waals surface area contributed by atoms with Gasteiger partial charge in [-0.3, -0.25) is 4.68 Å². The van der Waals surface area contributed by atoms with Gasteiger partial charge in [-0.15, -0.1) is 24.0 Å². The summed E-state index contributed by atoms with van der Waals surface area (Å²) in [6, 6.07) is 6.17. The van der Waals surface area contributed by atoms with Crippen LogP contribution in [0.5, 0.6) is 11.5 Å². The number of rotatable bonds is 7. The molecular weight excluding hydrogens is 517 g/mol. The standard InChI is InChI=1S/C24H35N5O2.HI/c1-4-25-24(29-12-11-19(17-29)20-15-27-28(2)16-20)26-14-18-9-10-22(30-3)23(13-18)31-21-7-5-6-8-21;/h9-10,13,15-16,19,21H,4-8,11-12,14,17H2,1-3H3,(H,25,26);1H. The van der Waals surface area contributed by atoms with E-state index in [4.69, 9.17) is 14.5 Å². The lowest BCUT2D eigenvalue weighted by Gasteiger charge is -2.22. The molecule has 176 valence electrons. The lowest BCUT2D eigenvalue weighted by Crippen LogP contribution is -2.40. The molecule has 1 N–H and O–H groups in total. The summed E-state index contributed by atoms with van der Waals surface area (Å²) in [5.41, 5.74) is 2.44. The summed E-state index contributed by atoms with van der Waals surface area (Å²) in [6.45, 7) is 5.55. The molecule has 1 aliphatic carbocycles. The maximum Gasteiger partial charge on any atom is 0.194 e. The Balaban J connectivity index is 0.00000289. The number of likely N-dealkylation sites (tertiary alicyclic amines) is 1. The molecule has 1 aliphatic heterocycles. The van der Waals surface area contributed by atoms with Gasteiger partial charge in [0.2, 0.25) is 0 Å². The van der Waals surface area contributed by atoms with E-state index in [0.29, 0.717) is 18.6 Å². The van der Waals surface area contributed by atoms with E-state index in [0.717, 1.165) is 61.9 Å². The van der Waals surface area contributed by atoms with E-state index in [2.05, 4.69) is 40.6 Å². The predicted octanol–water partition coefficient (Wildman–Crippen LogP) is 4.32. The fraction of sp³-hybridized carbons (Fsp3) is 0.583. The molecule has 0 radical (unpaired) electrons. The lowest BCUT2D eigenvalue weighted by atomic mass is 10.0. The number of hydrogen-bond acceptors (Lipinski definition) is 4. The van der Waals surface area contributed by atoms with E-state index in [1.807, 2.05) is 24.0 Å².